The summed E-state index contributed by atoms with van der Waals surface area (Å²) in [5.74, 6) is 1.55. The molecule has 1 fully saturated rings. The van der Waals surface area contributed by atoms with Crippen LogP contribution >= 0.6 is 23.2 Å². The first-order valence-electron chi connectivity index (χ1n) is 10.6. The molecule has 10 heteroatoms. The number of benzene rings is 2. The molecule has 4 rings (SSSR count). The van der Waals surface area contributed by atoms with Crippen LogP contribution in [-0.2, 0) is 0 Å². The fourth-order valence-electron chi connectivity index (χ4n) is 3.62. The van der Waals surface area contributed by atoms with Gasteiger partial charge >= 0.3 is 0 Å². The van der Waals surface area contributed by atoms with E-state index in [0.29, 0.717) is 45.4 Å². The van der Waals surface area contributed by atoms with E-state index in [9.17, 15) is 4.79 Å². The van der Waals surface area contributed by atoms with Crippen molar-refractivity contribution >= 4 is 46.6 Å². The third-order valence-corrected chi connectivity index (χ3v) is 6.13. The van der Waals surface area contributed by atoms with Gasteiger partial charge in [-0.2, -0.15) is 15.0 Å². The number of hydrogen-bond donors (Lipinski definition) is 2. The molecule has 1 aliphatic rings. The topological polar surface area (TPSA) is 94.5 Å². The summed E-state index contributed by atoms with van der Waals surface area (Å²) in [6, 6.07) is 11.9. The van der Waals surface area contributed by atoms with Crippen molar-refractivity contribution in [1.82, 2.24) is 19.9 Å². The molecule has 8 nitrogen and oxygen atoms in total. The number of anilines is 3. The number of aryl methyl sites for hydroxylation is 1. The second-order valence-electron chi connectivity index (χ2n) is 7.72. The maximum absolute atomic E-state index is 12.7. The number of aliphatic hydroxyl groups excluding tert-OH is 1. The van der Waals surface area contributed by atoms with Gasteiger partial charge in [-0.05, 0) is 49.4 Å². The standard InChI is InChI=1S/C23H24Cl2N6O2/c1-15-26-22(29-23(27-15)31-10-8-30(9-11-31)12-13-32)28-18-5-2-16(3-6-18)21(33)17-4-7-19(24)20(25)14-17/h2-7,14,32H,8-13H2,1H3,(H,26,27,28,29). The van der Waals surface area contributed by atoms with E-state index in [-0.39, 0.29) is 12.4 Å². The summed E-state index contributed by atoms with van der Waals surface area (Å²) < 4.78 is 0. The smallest absolute Gasteiger partial charge is 0.232 e. The SMILES string of the molecule is Cc1nc(Nc2ccc(C(=O)c3ccc(Cl)c(Cl)c3)cc2)nc(N2CCN(CCO)CC2)n1. The van der Waals surface area contributed by atoms with Gasteiger partial charge in [-0.15, -0.1) is 0 Å². The van der Waals surface area contributed by atoms with Crippen LogP contribution in [0.3, 0.4) is 0 Å². The van der Waals surface area contributed by atoms with Gasteiger partial charge in [0.15, 0.2) is 5.78 Å². The minimum absolute atomic E-state index is 0.140. The molecule has 1 saturated heterocycles. The van der Waals surface area contributed by atoms with E-state index < -0.39 is 0 Å². The number of ketones is 1. The van der Waals surface area contributed by atoms with Crippen molar-refractivity contribution in [3.63, 3.8) is 0 Å². The Morgan fingerprint density at radius 1 is 0.970 bits per heavy atom. The fourth-order valence-corrected chi connectivity index (χ4v) is 3.91. The van der Waals surface area contributed by atoms with Crippen molar-refractivity contribution in [2.24, 2.45) is 0 Å². The van der Waals surface area contributed by atoms with Crippen molar-refractivity contribution in [2.75, 3.05) is 49.5 Å². The summed E-state index contributed by atoms with van der Waals surface area (Å²) in [4.78, 5) is 30.5. The second-order valence-corrected chi connectivity index (χ2v) is 8.53. The van der Waals surface area contributed by atoms with Crippen molar-refractivity contribution in [3.8, 4) is 0 Å². The van der Waals surface area contributed by atoms with Crippen molar-refractivity contribution < 1.29 is 9.90 Å². The third-order valence-electron chi connectivity index (χ3n) is 5.39. The number of halogens is 2. The Bertz CT molecular complexity index is 1130. The Labute approximate surface area is 202 Å². The summed E-state index contributed by atoms with van der Waals surface area (Å²) in [7, 11) is 0. The predicted octanol–water partition coefficient (Wildman–Crippen LogP) is 3.58. The van der Waals surface area contributed by atoms with Crippen LogP contribution in [0, 0.1) is 6.92 Å². The van der Waals surface area contributed by atoms with E-state index in [0.717, 1.165) is 31.9 Å². The van der Waals surface area contributed by atoms with Crippen LogP contribution in [0.1, 0.15) is 21.7 Å². The largest absolute Gasteiger partial charge is 0.395 e. The summed E-state index contributed by atoms with van der Waals surface area (Å²) in [5.41, 5.74) is 1.76. The van der Waals surface area contributed by atoms with Crippen LogP contribution < -0.4 is 10.2 Å². The lowest BCUT2D eigenvalue weighted by Gasteiger charge is -2.34. The first-order valence-corrected chi connectivity index (χ1v) is 11.4. The number of aliphatic hydroxyl groups is 1. The van der Waals surface area contributed by atoms with Crippen LogP contribution in [0.2, 0.25) is 10.0 Å². The van der Waals surface area contributed by atoms with Crippen LogP contribution in [0.25, 0.3) is 0 Å². The zero-order valence-electron chi connectivity index (χ0n) is 18.1. The normalized spacial score (nSPS) is 14.4. The third kappa shape index (κ3) is 5.78. The summed E-state index contributed by atoms with van der Waals surface area (Å²) in [6.45, 7) is 5.95. The molecule has 2 aromatic carbocycles. The summed E-state index contributed by atoms with van der Waals surface area (Å²) in [6.07, 6.45) is 0. The molecule has 0 unspecified atom stereocenters. The van der Waals surface area contributed by atoms with Crippen LogP contribution in [-0.4, -0.2) is 70.1 Å². The van der Waals surface area contributed by atoms with E-state index in [1.165, 1.54) is 0 Å². The number of carbonyl (C=O) groups excluding carboxylic acids is 1. The molecule has 2 heterocycles. The highest BCUT2D eigenvalue weighted by molar-refractivity contribution is 6.42. The number of hydrogen-bond acceptors (Lipinski definition) is 8. The van der Waals surface area contributed by atoms with Crippen LogP contribution in [0.5, 0.6) is 0 Å². The quantitative estimate of drug-likeness (QED) is 0.489. The molecule has 172 valence electrons. The molecule has 1 aromatic heterocycles. The zero-order valence-corrected chi connectivity index (χ0v) is 19.6. The maximum atomic E-state index is 12.7. The molecule has 0 spiro atoms. The van der Waals surface area contributed by atoms with Gasteiger partial charge < -0.3 is 15.3 Å². The molecule has 0 radical (unpaired) electrons. The monoisotopic (exact) mass is 486 g/mol. The van der Waals surface area contributed by atoms with Gasteiger partial charge in [-0.25, -0.2) is 0 Å². The number of piperazine rings is 1. The fraction of sp³-hybridized carbons (Fsp3) is 0.304. The molecule has 3 aromatic rings. The van der Waals surface area contributed by atoms with Crippen molar-refractivity contribution in [2.45, 2.75) is 6.92 Å². The van der Waals surface area contributed by atoms with E-state index in [4.69, 9.17) is 28.3 Å². The predicted molar refractivity (Wildman–Crippen MR) is 130 cm³/mol. The highest BCUT2D eigenvalue weighted by Gasteiger charge is 2.20. The number of aromatic nitrogens is 3. The average molecular weight is 487 g/mol. The molecular weight excluding hydrogens is 463 g/mol. The second kappa shape index (κ2) is 10.4. The summed E-state index contributed by atoms with van der Waals surface area (Å²) in [5, 5.41) is 13.1. The van der Waals surface area contributed by atoms with E-state index in [2.05, 4.69) is 30.1 Å². The molecule has 2 N–H and O–H groups in total. The Balaban J connectivity index is 1.45. The number of nitrogens with zero attached hydrogens (tertiary/aromatic N) is 5. The lowest BCUT2D eigenvalue weighted by atomic mass is 10.0. The number of β-amino-alcohol motifs (C(OH)–C–C–N with tert-alkyl or cyclic N) is 1. The van der Waals surface area contributed by atoms with Gasteiger partial charge in [0.1, 0.15) is 5.82 Å². The molecule has 33 heavy (non-hydrogen) atoms. The Kier molecular flexibility index (Phi) is 7.39. The Hall–Kier alpha value is -2.78. The minimum Gasteiger partial charge on any atom is -0.395 e. The molecule has 0 bridgehead atoms. The average Bonchev–Trinajstić information content (AvgIpc) is 2.81. The van der Waals surface area contributed by atoms with Crippen LogP contribution in [0.15, 0.2) is 42.5 Å². The van der Waals surface area contributed by atoms with Gasteiger partial charge in [0.25, 0.3) is 0 Å². The molecule has 0 amide bonds. The van der Waals surface area contributed by atoms with E-state index in [1.54, 1.807) is 42.5 Å². The van der Waals surface area contributed by atoms with Gasteiger partial charge in [0, 0.05) is 49.5 Å². The highest BCUT2D eigenvalue weighted by atomic mass is 35.5. The highest BCUT2D eigenvalue weighted by Crippen LogP contribution is 2.25. The van der Waals surface area contributed by atoms with Crippen molar-refractivity contribution in [1.29, 1.82) is 0 Å². The Morgan fingerprint density at radius 2 is 1.67 bits per heavy atom. The number of nitrogens with one attached hydrogen (secondary N) is 1. The number of carbonyl (C=O) groups is 1. The van der Waals surface area contributed by atoms with Crippen molar-refractivity contribution in [3.05, 3.63) is 69.5 Å². The number of rotatable bonds is 7. The van der Waals surface area contributed by atoms with E-state index in [1.807, 2.05) is 6.92 Å². The van der Waals surface area contributed by atoms with Gasteiger partial charge in [0.05, 0.1) is 16.7 Å². The van der Waals surface area contributed by atoms with Gasteiger partial charge in [-0.3, -0.25) is 9.69 Å². The first-order chi connectivity index (χ1) is 15.9. The molecule has 0 saturated carbocycles. The van der Waals surface area contributed by atoms with Gasteiger partial charge in [-0.1, -0.05) is 23.2 Å². The zero-order chi connectivity index (χ0) is 23.4. The molecule has 0 atom stereocenters. The Morgan fingerprint density at radius 3 is 2.33 bits per heavy atom. The van der Waals surface area contributed by atoms with Gasteiger partial charge in [0.2, 0.25) is 11.9 Å². The first kappa shape index (κ1) is 23.4. The summed E-state index contributed by atoms with van der Waals surface area (Å²) >= 11 is 12.0. The lowest BCUT2D eigenvalue weighted by molar-refractivity contribution is 0.103. The maximum Gasteiger partial charge on any atom is 0.232 e. The van der Waals surface area contributed by atoms with Crippen LogP contribution in [0.4, 0.5) is 17.6 Å². The van der Waals surface area contributed by atoms with E-state index >= 15 is 0 Å². The molecular formula is C23H24Cl2N6O2. The minimum atomic E-state index is -0.140. The lowest BCUT2D eigenvalue weighted by Crippen LogP contribution is -2.47. The molecule has 0 aliphatic carbocycles. The molecule has 1 aliphatic heterocycles.